The minimum Gasteiger partial charge on any atom is -0.381 e. The zero-order valence-corrected chi connectivity index (χ0v) is 18.7. The molecule has 3 aromatic heterocycles. The maximum Gasteiger partial charge on any atom is 0.260 e. The van der Waals surface area contributed by atoms with E-state index in [9.17, 15) is 17.6 Å². The van der Waals surface area contributed by atoms with Crippen LogP contribution in [0.25, 0.3) is 10.9 Å². The van der Waals surface area contributed by atoms with Gasteiger partial charge in [-0.1, -0.05) is 12.1 Å². The predicted molar refractivity (Wildman–Crippen MR) is 123 cm³/mol. The van der Waals surface area contributed by atoms with E-state index in [1.807, 2.05) is 0 Å². The molecule has 33 heavy (non-hydrogen) atoms. The van der Waals surface area contributed by atoms with Crippen LogP contribution >= 0.6 is 0 Å². The third kappa shape index (κ3) is 4.65. The average molecular weight is 466 g/mol. The minimum absolute atomic E-state index is 0.00975. The normalized spacial score (nSPS) is 11.5. The number of fused-ring (bicyclic) bond motifs is 1. The molecule has 168 valence electrons. The highest BCUT2D eigenvalue weighted by atomic mass is 32.2. The largest absolute Gasteiger partial charge is 0.381 e. The Hall–Kier alpha value is -3.92. The van der Waals surface area contributed by atoms with Crippen LogP contribution in [0.5, 0.6) is 0 Å². The van der Waals surface area contributed by atoms with Crippen molar-refractivity contribution in [3.05, 3.63) is 83.6 Å². The number of aromatic nitrogens is 3. The van der Waals surface area contributed by atoms with E-state index in [1.54, 1.807) is 43.3 Å². The van der Waals surface area contributed by atoms with E-state index in [0.717, 1.165) is 11.9 Å². The van der Waals surface area contributed by atoms with Gasteiger partial charge in [0.2, 0.25) is 0 Å². The Morgan fingerprint density at radius 1 is 1.12 bits per heavy atom. The number of halogens is 1. The summed E-state index contributed by atoms with van der Waals surface area (Å²) in [4.78, 5) is 27.0. The van der Waals surface area contributed by atoms with Gasteiger partial charge in [-0.25, -0.2) is 22.8 Å². The number of rotatable bonds is 5. The van der Waals surface area contributed by atoms with E-state index in [2.05, 4.69) is 15.0 Å². The minimum atomic E-state index is -3.73. The lowest BCUT2D eigenvalue weighted by Crippen LogP contribution is -2.32. The molecule has 0 unspecified atom stereocenters. The molecule has 2 N–H and O–H groups in total. The number of carbonyl (C=O) groups is 1. The lowest BCUT2D eigenvalue weighted by Gasteiger charge is -2.24. The standard InChI is InChI=1S/C23H20FN5O3S/c1-14-5-7-17(12-27-14)23(30)29(20-4-3-9-26-22(20)33(2,31)32)13-15-6-8-16-11-18(24)21(25)28-19(16)10-15/h3-12H,13H2,1-2H3,(H2,25,28). The molecule has 1 aromatic carbocycles. The number of aryl methyl sites for hydroxylation is 1. The smallest absolute Gasteiger partial charge is 0.260 e. The third-order valence-corrected chi connectivity index (χ3v) is 6.02. The van der Waals surface area contributed by atoms with Crippen molar-refractivity contribution in [3.63, 3.8) is 0 Å². The Morgan fingerprint density at radius 2 is 1.91 bits per heavy atom. The van der Waals surface area contributed by atoms with Gasteiger partial charge >= 0.3 is 0 Å². The lowest BCUT2D eigenvalue weighted by atomic mass is 10.1. The summed E-state index contributed by atoms with van der Waals surface area (Å²) in [5, 5.41) is 0.327. The predicted octanol–water partition coefficient (Wildman–Crippen LogP) is 3.31. The Balaban J connectivity index is 1.83. The van der Waals surface area contributed by atoms with Gasteiger partial charge in [-0.3, -0.25) is 9.78 Å². The number of anilines is 2. The first-order valence-electron chi connectivity index (χ1n) is 9.88. The van der Waals surface area contributed by atoms with E-state index in [0.29, 0.717) is 16.5 Å². The van der Waals surface area contributed by atoms with E-state index in [-0.39, 0.29) is 28.6 Å². The van der Waals surface area contributed by atoms with Crippen LogP contribution < -0.4 is 10.6 Å². The monoisotopic (exact) mass is 465 g/mol. The van der Waals surface area contributed by atoms with Crippen molar-refractivity contribution in [1.82, 2.24) is 15.0 Å². The van der Waals surface area contributed by atoms with Gasteiger partial charge < -0.3 is 10.6 Å². The number of nitrogens with zero attached hydrogens (tertiary/aromatic N) is 4. The highest BCUT2D eigenvalue weighted by molar-refractivity contribution is 7.90. The van der Waals surface area contributed by atoms with Crippen LogP contribution in [0.4, 0.5) is 15.9 Å². The first kappa shape index (κ1) is 22.3. The van der Waals surface area contributed by atoms with Gasteiger partial charge in [0.05, 0.1) is 23.3 Å². The molecule has 0 aliphatic rings. The summed E-state index contributed by atoms with van der Waals surface area (Å²) in [6, 6.07) is 12.7. The number of carbonyl (C=O) groups excluding carboxylic acids is 1. The molecule has 1 amide bonds. The van der Waals surface area contributed by atoms with Crippen LogP contribution in [-0.4, -0.2) is 35.5 Å². The molecular formula is C23H20FN5O3S. The van der Waals surface area contributed by atoms with E-state index in [4.69, 9.17) is 5.73 Å². The number of nitrogen functional groups attached to an aromatic ring is 1. The van der Waals surface area contributed by atoms with Gasteiger partial charge in [0.25, 0.3) is 5.91 Å². The van der Waals surface area contributed by atoms with Crippen molar-refractivity contribution < 1.29 is 17.6 Å². The quantitative estimate of drug-likeness (QED) is 0.480. The average Bonchev–Trinajstić information content (AvgIpc) is 2.78. The molecule has 0 atom stereocenters. The number of pyridine rings is 3. The van der Waals surface area contributed by atoms with Gasteiger partial charge in [-0.05, 0) is 48.9 Å². The van der Waals surface area contributed by atoms with Crippen molar-refractivity contribution in [2.45, 2.75) is 18.5 Å². The fraction of sp³-hybridized carbons (Fsp3) is 0.130. The Morgan fingerprint density at radius 3 is 2.61 bits per heavy atom. The fourth-order valence-electron chi connectivity index (χ4n) is 3.37. The molecule has 0 spiro atoms. The van der Waals surface area contributed by atoms with Crippen molar-refractivity contribution in [3.8, 4) is 0 Å². The second-order valence-corrected chi connectivity index (χ2v) is 9.49. The van der Waals surface area contributed by atoms with Crippen LogP contribution in [0.2, 0.25) is 0 Å². The zero-order chi connectivity index (χ0) is 23.8. The van der Waals surface area contributed by atoms with Crippen molar-refractivity contribution in [1.29, 1.82) is 0 Å². The second-order valence-electron chi connectivity index (χ2n) is 7.56. The van der Waals surface area contributed by atoms with Crippen molar-refractivity contribution in [2.75, 3.05) is 16.9 Å². The van der Waals surface area contributed by atoms with Crippen LogP contribution in [0, 0.1) is 12.7 Å². The fourth-order valence-corrected chi connectivity index (χ4v) is 4.18. The molecule has 0 aliphatic heterocycles. The summed E-state index contributed by atoms with van der Waals surface area (Å²) in [5.74, 6) is -1.30. The maximum atomic E-state index is 13.7. The summed E-state index contributed by atoms with van der Waals surface area (Å²) in [7, 11) is -3.73. The van der Waals surface area contributed by atoms with Crippen LogP contribution in [-0.2, 0) is 16.4 Å². The topological polar surface area (TPSA) is 119 Å². The summed E-state index contributed by atoms with van der Waals surface area (Å²) in [6.07, 6.45) is 3.83. The number of amides is 1. The van der Waals surface area contributed by atoms with Gasteiger partial charge in [0.1, 0.15) is 0 Å². The van der Waals surface area contributed by atoms with Gasteiger partial charge in [-0.2, -0.15) is 0 Å². The Labute approximate surface area is 189 Å². The molecule has 10 heteroatoms. The van der Waals surface area contributed by atoms with Gasteiger partial charge in [-0.15, -0.1) is 0 Å². The highest BCUT2D eigenvalue weighted by Gasteiger charge is 2.25. The second kappa shape index (κ2) is 8.55. The van der Waals surface area contributed by atoms with Crippen molar-refractivity contribution >= 4 is 38.2 Å². The van der Waals surface area contributed by atoms with Crippen LogP contribution in [0.1, 0.15) is 21.6 Å². The molecule has 0 saturated carbocycles. The molecule has 0 bridgehead atoms. The van der Waals surface area contributed by atoms with E-state index >= 15 is 0 Å². The molecule has 4 rings (SSSR count). The lowest BCUT2D eigenvalue weighted by molar-refractivity contribution is 0.0984. The third-order valence-electron chi connectivity index (χ3n) is 5.00. The molecule has 0 aliphatic carbocycles. The van der Waals surface area contributed by atoms with Gasteiger partial charge in [0.15, 0.2) is 26.5 Å². The number of hydrogen-bond donors (Lipinski definition) is 1. The number of sulfone groups is 1. The van der Waals surface area contributed by atoms with Crippen LogP contribution in [0.3, 0.4) is 0 Å². The summed E-state index contributed by atoms with van der Waals surface area (Å²) in [6.45, 7) is 1.81. The number of benzene rings is 1. The molecule has 3 heterocycles. The zero-order valence-electron chi connectivity index (χ0n) is 17.9. The number of hydrogen-bond acceptors (Lipinski definition) is 7. The molecule has 0 fully saturated rings. The molecule has 8 nitrogen and oxygen atoms in total. The Kier molecular flexibility index (Phi) is 5.77. The molecular weight excluding hydrogens is 445 g/mol. The highest BCUT2D eigenvalue weighted by Crippen LogP contribution is 2.27. The number of nitrogens with two attached hydrogens (primary N) is 1. The first-order valence-corrected chi connectivity index (χ1v) is 11.8. The SMILES string of the molecule is Cc1ccc(C(=O)N(Cc2ccc3cc(F)c(N)nc3c2)c2cccnc2S(C)(=O)=O)cn1. The summed E-state index contributed by atoms with van der Waals surface area (Å²) >= 11 is 0. The van der Waals surface area contributed by atoms with Crippen LogP contribution in [0.15, 0.2) is 66.0 Å². The molecule has 4 aromatic rings. The summed E-state index contributed by atoms with van der Waals surface area (Å²) in [5.41, 5.74) is 7.85. The maximum absolute atomic E-state index is 13.7. The molecule has 0 radical (unpaired) electrons. The van der Waals surface area contributed by atoms with E-state index < -0.39 is 21.6 Å². The Bertz CT molecular complexity index is 1470. The molecule has 0 saturated heterocycles. The summed E-state index contributed by atoms with van der Waals surface area (Å²) < 4.78 is 38.5. The van der Waals surface area contributed by atoms with Crippen molar-refractivity contribution in [2.24, 2.45) is 0 Å². The van der Waals surface area contributed by atoms with E-state index in [1.165, 1.54) is 29.4 Å². The first-order chi connectivity index (χ1) is 15.6. The van der Waals surface area contributed by atoms with Gasteiger partial charge in [0, 0.05) is 29.7 Å².